The van der Waals surface area contributed by atoms with Gasteiger partial charge in [-0.05, 0) is 124 Å². The second kappa shape index (κ2) is 25.5. The Morgan fingerprint density at radius 2 is 1.68 bits per heavy atom. The number of likely N-dealkylation sites (N-methyl/N-ethyl adjacent to an activating group) is 1. The molecule has 6 atom stereocenters. The number of benzene rings is 2. The molecule has 6 aliphatic rings. The van der Waals surface area contributed by atoms with Crippen LogP contribution in [0.5, 0.6) is 0 Å². The summed E-state index contributed by atoms with van der Waals surface area (Å²) >= 11 is 0.937. The molecule has 9 rings (SSSR count). The van der Waals surface area contributed by atoms with E-state index < -0.39 is 90.5 Å². The Kier molecular flexibility index (Phi) is 18.6. The minimum Gasteiger partial charge on any atom is -0.370 e. The highest BCUT2D eigenvalue weighted by Crippen LogP contribution is 2.59. The first-order valence-electron chi connectivity index (χ1n) is 28.4. The summed E-state index contributed by atoms with van der Waals surface area (Å²) in [7, 11) is -5.86. The predicted octanol–water partition coefficient (Wildman–Crippen LogP) is 3.96. The number of nitrogens with one attached hydrogen (secondary N) is 4. The maximum Gasteiger partial charge on any atom is 0.399 e. The van der Waals surface area contributed by atoms with E-state index in [1.165, 1.54) is 21.9 Å². The molecule has 6 heterocycles. The van der Waals surface area contributed by atoms with E-state index in [4.69, 9.17) is 5.73 Å². The van der Waals surface area contributed by atoms with Gasteiger partial charge in [0.25, 0.3) is 11.8 Å². The Morgan fingerprint density at radius 1 is 0.927 bits per heavy atom. The van der Waals surface area contributed by atoms with Crippen molar-refractivity contribution < 1.29 is 66.3 Å². The molecule has 4 saturated heterocycles. The van der Waals surface area contributed by atoms with Crippen LogP contribution in [0.3, 0.4) is 0 Å². The third-order valence-electron chi connectivity index (χ3n) is 17.2. The van der Waals surface area contributed by atoms with Crippen molar-refractivity contribution >= 4 is 82.2 Å². The van der Waals surface area contributed by atoms with Crippen LogP contribution in [0.1, 0.15) is 146 Å². The van der Waals surface area contributed by atoms with Crippen LogP contribution in [0.2, 0.25) is 0 Å². The molecule has 5 fully saturated rings. The molecule has 0 bridgehead atoms. The van der Waals surface area contributed by atoms with Crippen molar-refractivity contribution in [1.82, 2.24) is 40.9 Å². The van der Waals surface area contributed by atoms with E-state index in [9.17, 15) is 66.3 Å². The minimum atomic E-state index is -5.86. The molecule has 3 aromatic rings. The number of likely N-dealkylation sites (tertiary alicyclic amines) is 1. The number of halogens is 2. The highest BCUT2D eigenvalue weighted by molar-refractivity contribution is 7.52. The van der Waals surface area contributed by atoms with Crippen molar-refractivity contribution in [2.45, 2.75) is 158 Å². The van der Waals surface area contributed by atoms with Gasteiger partial charge in [-0.1, -0.05) is 50.2 Å². The molecule has 1 aliphatic carbocycles. The molecule has 5 aliphatic heterocycles. The van der Waals surface area contributed by atoms with Crippen LogP contribution in [0.25, 0.3) is 10.1 Å². The van der Waals surface area contributed by atoms with E-state index in [1.54, 1.807) is 17.0 Å². The van der Waals surface area contributed by atoms with Crippen LogP contribution in [0, 0.1) is 23.7 Å². The Balaban J connectivity index is 0.832. The zero-order valence-electron chi connectivity index (χ0n) is 45.7. The highest BCUT2D eigenvalue weighted by Gasteiger charge is 2.51. The molecule has 0 radical (unpaired) electrons. The third-order valence-corrected chi connectivity index (χ3v) is 19.3. The molecular weight excluding hydrogens is 1100 g/mol. The van der Waals surface area contributed by atoms with Gasteiger partial charge in [-0.15, -0.1) is 11.3 Å². The van der Waals surface area contributed by atoms with Crippen molar-refractivity contribution in [3.8, 4) is 11.8 Å². The van der Waals surface area contributed by atoms with Crippen LogP contribution in [0.15, 0.2) is 42.5 Å². The van der Waals surface area contributed by atoms with Gasteiger partial charge in [-0.3, -0.25) is 53.0 Å². The lowest BCUT2D eigenvalue weighted by molar-refractivity contribution is -0.144. The number of nitrogens with zero attached hydrogens (tertiary/aromatic N) is 4. The van der Waals surface area contributed by atoms with Crippen LogP contribution in [-0.2, 0) is 50.3 Å². The fraction of sp³-hybridized carbons (Fsp3) is 0.561. The number of piperidine rings is 2. The number of carbonyl (C=O) groups is 9. The lowest BCUT2D eigenvalue weighted by atomic mass is 9.82. The van der Waals surface area contributed by atoms with Gasteiger partial charge < -0.3 is 51.1 Å². The zero-order valence-corrected chi connectivity index (χ0v) is 47.4. The van der Waals surface area contributed by atoms with Crippen LogP contribution >= 0.6 is 18.9 Å². The molecule has 0 spiro atoms. The summed E-state index contributed by atoms with van der Waals surface area (Å²) in [5.41, 5.74) is 2.15. The van der Waals surface area contributed by atoms with E-state index in [2.05, 4.69) is 33.1 Å². The van der Waals surface area contributed by atoms with Gasteiger partial charge >= 0.3 is 13.3 Å². The quantitative estimate of drug-likeness (QED) is 0.0573. The Bertz CT molecular complexity index is 3130. The smallest absolute Gasteiger partial charge is 0.370 e. The van der Waals surface area contributed by atoms with Crippen LogP contribution in [-0.4, -0.2) is 152 Å². The number of hydrogen-bond acceptors (Lipinski definition) is 12. The standard InChI is InChI=1S/C57H70F2N9O12PS/c1-2-65-26-25-38-16-18-44(68(38)55(76)42(32-65)62-53(74)46-30-36-29-37(15-20-45(36)82-46)57(58,59)81(78,79)80)52(73)61-41(17-21-47(60)69)50(71)64-49(35-11-4-3-5-12-35)56(77)66-27-23-33(24-28-66)9-6-7-10-34-13-8-14-39-40(34)31-67(54(39)75)43-19-22-48(70)63-51(43)72/h8,13-15,20,29-30,33,35,38,41-44,49H,2-6,9,11-12,16-19,21-28,31-32H2,1H3,(H2,60,69)(H,61,73)(H,62,74)(H,64,71)(H,63,70,72)(H2,78,79,80)/t38-,41?,42+,43?,44+,49?/m1/s1. The Hall–Kier alpha value is -6.64. The summed E-state index contributed by atoms with van der Waals surface area (Å²) in [5.74, 6) is 2.00. The topological polar surface area (TPSA) is 298 Å². The summed E-state index contributed by atoms with van der Waals surface area (Å²) in [6.07, 6.45) is 8.07. The van der Waals surface area contributed by atoms with Gasteiger partial charge in [-0.2, -0.15) is 8.78 Å². The number of hydrogen-bond donors (Lipinski definition) is 7. The summed E-state index contributed by atoms with van der Waals surface area (Å²) in [6.45, 7) is 4.19. The van der Waals surface area contributed by atoms with E-state index in [-0.39, 0.29) is 85.0 Å². The predicted molar refractivity (Wildman–Crippen MR) is 296 cm³/mol. The largest absolute Gasteiger partial charge is 0.399 e. The van der Waals surface area contributed by atoms with Crippen molar-refractivity contribution in [3.05, 3.63) is 69.6 Å². The van der Waals surface area contributed by atoms with Gasteiger partial charge in [0.1, 0.15) is 30.2 Å². The second-order valence-corrected chi connectivity index (χ2v) is 25.2. The first-order chi connectivity index (χ1) is 39.1. The Labute approximate surface area is 477 Å². The number of carbonyl (C=O) groups excluding carboxylic acids is 9. The number of amides is 9. The number of nitrogens with two attached hydrogens (primary N) is 1. The maximum atomic E-state index is 14.7. The van der Waals surface area contributed by atoms with Crippen molar-refractivity contribution in [3.63, 3.8) is 0 Å². The summed E-state index contributed by atoms with van der Waals surface area (Å²) < 4.78 is 41.2. The fourth-order valence-corrected chi connectivity index (χ4v) is 14.0. The molecule has 8 N–H and O–H groups in total. The average Bonchev–Trinajstić information content (AvgIpc) is 4.35. The van der Waals surface area contributed by atoms with Gasteiger partial charge in [0.2, 0.25) is 41.4 Å². The molecule has 9 amide bonds. The number of imide groups is 1. The van der Waals surface area contributed by atoms with Crippen molar-refractivity contribution in [1.29, 1.82) is 0 Å². The zero-order chi connectivity index (χ0) is 58.6. The molecule has 2 aromatic carbocycles. The SMILES string of the molecule is CCN1CC[C@H]2CC[C@@H](C(=O)NC(CCC(N)=O)C(=O)NC(C(=O)N3CCC(CCC#Cc4cccc5c4CN(C4CCC(=O)NC4=O)C5=O)CC3)C3CCCCC3)N2C(=O)[C@@H](NC(=O)c2cc3cc(C(F)(F)P(=O)(O)O)ccc3s2)C1. The number of alkyl halides is 2. The first-order valence-corrected chi connectivity index (χ1v) is 30.8. The highest BCUT2D eigenvalue weighted by atomic mass is 32.1. The second-order valence-electron chi connectivity index (χ2n) is 22.4. The number of rotatable bonds is 17. The lowest BCUT2D eigenvalue weighted by Gasteiger charge is -2.39. The molecule has 25 heteroatoms. The van der Waals surface area contributed by atoms with Crippen LogP contribution < -0.4 is 27.0 Å². The lowest BCUT2D eigenvalue weighted by Crippen LogP contribution is -2.62. The van der Waals surface area contributed by atoms with Crippen molar-refractivity contribution in [2.75, 3.05) is 32.7 Å². The van der Waals surface area contributed by atoms with Crippen LogP contribution in [0.4, 0.5) is 8.78 Å². The molecular formula is C57H70F2N9O12PS. The van der Waals surface area contributed by atoms with E-state index in [1.807, 2.05) is 17.9 Å². The number of thiophene rings is 1. The fourth-order valence-electron chi connectivity index (χ4n) is 12.5. The van der Waals surface area contributed by atoms with E-state index >= 15 is 0 Å². The molecule has 1 saturated carbocycles. The van der Waals surface area contributed by atoms with Gasteiger partial charge in [0, 0.05) is 79.4 Å². The van der Waals surface area contributed by atoms with Gasteiger partial charge in [0.05, 0.1) is 4.88 Å². The van der Waals surface area contributed by atoms with E-state index in [0.717, 1.165) is 54.7 Å². The average molecular weight is 1170 g/mol. The maximum absolute atomic E-state index is 14.7. The minimum absolute atomic E-state index is 0.0465. The summed E-state index contributed by atoms with van der Waals surface area (Å²) in [6, 6.07) is 4.07. The van der Waals surface area contributed by atoms with Crippen molar-refractivity contribution in [2.24, 2.45) is 17.6 Å². The normalized spacial score (nSPS) is 23.0. The molecule has 21 nitrogen and oxygen atoms in total. The Morgan fingerprint density at radius 3 is 2.39 bits per heavy atom. The summed E-state index contributed by atoms with van der Waals surface area (Å²) in [4.78, 5) is 147. The molecule has 1 aromatic heterocycles. The molecule has 3 unspecified atom stereocenters. The van der Waals surface area contributed by atoms with E-state index in [0.29, 0.717) is 87.0 Å². The molecule has 440 valence electrons. The van der Waals surface area contributed by atoms with Gasteiger partial charge in [-0.25, -0.2) is 0 Å². The van der Waals surface area contributed by atoms with Gasteiger partial charge in [0.15, 0.2) is 0 Å². The monoisotopic (exact) mass is 1170 g/mol. The number of fused-ring (bicyclic) bond motifs is 3. The summed E-state index contributed by atoms with van der Waals surface area (Å²) in [5, 5.41) is 11.1. The third kappa shape index (κ3) is 13.2. The molecule has 82 heavy (non-hydrogen) atoms. The number of primary amides is 1. The first kappa shape index (κ1) is 60.0.